The molecule has 2 amide bonds. The Morgan fingerprint density at radius 3 is 2.48 bits per heavy atom. The van der Waals surface area contributed by atoms with Crippen molar-refractivity contribution in [2.75, 3.05) is 5.32 Å². The first kappa shape index (κ1) is 23.1. The Morgan fingerprint density at radius 2 is 1.73 bits per heavy atom. The van der Waals surface area contributed by atoms with Crippen molar-refractivity contribution < 1.29 is 9.59 Å². The van der Waals surface area contributed by atoms with Gasteiger partial charge in [-0.1, -0.05) is 77.5 Å². The van der Waals surface area contributed by atoms with E-state index in [-0.39, 0.29) is 11.8 Å². The van der Waals surface area contributed by atoms with Gasteiger partial charge in [-0.2, -0.15) is 0 Å². The van der Waals surface area contributed by atoms with E-state index in [0.29, 0.717) is 31.6 Å². The van der Waals surface area contributed by atoms with Gasteiger partial charge in [-0.15, -0.1) is 10.2 Å². The van der Waals surface area contributed by atoms with E-state index in [1.165, 1.54) is 11.3 Å². The first-order chi connectivity index (χ1) is 16.0. The zero-order chi connectivity index (χ0) is 23.2. The zero-order valence-corrected chi connectivity index (χ0v) is 20.3. The molecule has 4 rings (SSSR count). The number of hydrogen-bond acceptors (Lipinski definition) is 5. The number of nitrogens with one attached hydrogen (secondary N) is 2. The van der Waals surface area contributed by atoms with Crippen LogP contribution < -0.4 is 10.6 Å². The van der Waals surface area contributed by atoms with Crippen LogP contribution in [0.15, 0.2) is 83.3 Å². The Morgan fingerprint density at radius 1 is 0.970 bits per heavy atom. The van der Waals surface area contributed by atoms with Gasteiger partial charge in [-0.05, 0) is 45.8 Å². The van der Waals surface area contributed by atoms with Gasteiger partial charge >= 0.3 is 0 Å². The second-order valence-corrected chi connectivity index (χ2v) is 9.38. The summed E-state index contributed by atoms with van der Waals surface area (Å²) in [7, 11) is 0. The Bertz CT molecular complexity index is 1280. The van der Waals surface area contributed by atoms with E-state index >= 15 is 0 Å². The number of aromatic nitrogens is 2. The quantitative estimate of drug-likeness (QED) is 0.319. The summed E-state index contributed by atoms with van der Waals surface area (Å²) in [4.78, 5) is 26.0. The second kappa shape index (κ2) is 10.7. The van der Waals surface area contributed by atoms with E-state index in [2.05, 4.69) is 36.8 Å². The van der Waals surface area contributed by atoms with Crippen molar-refractivity contribution in [2.24, 2.45) is 0 Å². The molecule has 0 radical (unpaired) electrons. The van der Waals surface area contributed by atoms with Crippen LogP contribution in [0.5, 0.6) is 0 Å². The van der Waals surface area contributed by atoms with Gasteiger partial charge in [0.1, 0.15) is 11.0 Å². The molecule has 1 unspecified atom stereocenters. The molecular weight excluding hydrogens is 524 g/mol. The lowest BCUT2D eigenvalue weighted by molar-refractivity contribution is -0.118. The van der Waals surface area contributed by atoms with Gasteiger partial charge in [-0.25, -0.2) is 0 Å². The number of rotatable bonds is 7. The third-order valence-electron chi connectivity index (χ3n) is 4.75. The van der Waals surface area contributed by atoms with Crippen molar-refractivity contribution >= 4 is 55.8 Å². The highest BCUT2D eigenvalue weighted by molar-refractivity contribution is 9.10. The number of amides is 2. The minimum atomic E-state index is -0.814. The molecule has 0 aliphatic rings. The van der Waals surface area contributed by atoms with E-state index < -0.39 is 6.04 Å². The molecule has 1 heterocycles. The molecular formula is C24H18BrClN4O2S. The van der Waals surface area contributed by atoms with Crippen LogP contribution >= 0.6 is 38.9 Å². The van der Waals surface area contributed by atoms with Crippen LogP contribution in [0.1, 0.15) is 15.9 Å². The largest absolute Gasteiger partial charge is 0.340 e. The van der Waals surface area contributed by atoms with E-state index in [1.54, 1.807) is 30.3 Å². The van der Waals surface area contributed by atoms with Gasteiger partial charge < -0.3 is 5.32 Å². The average molecular weight is 542 g/mol. The first-order valence-corrected chi connectivity index (χ1v) is 12.0. The molecule has 2 N–H and O–H groups in total. The van der Waals surface area contributed by atoms with Gasteiger partial charge in [0.25, 0.3) is 5.91 Å². The summed E-state index contributed by atoms with van der Waals surface area (Å²) < 4.78 is 0.650. The Labute approximate surface area is 208 Å². The number of hydrogen-bond donors (Lipinski definition) is 2. The fourth-order valence-corrected chi connectivity index (χ4v) is 4.54. The van der Waals surface area contributed by atoms with Crippen molar-refractivity contribution in [1.82, 2.24) is 15.5 Å². The topological polar surface area (TPSA) is 84.0 Å². The summed E-state index contributed by atoms with van der Waals surface area (Å²) in [5.74, 6) is -0.733. The van der Waals surface area contributed by atoms with Gasteiger partial charge in [-0.3, -0.25) is 14.9 Å². The van der Waals surface area contributed by atoms with Gasteiger partial charge in [0.15, 0.2) is 0 Å². The Hall–Kier alpha value is -3.07. The molecule has 166 valence electrons. The molecule has 4 aromatic rings. The van der Waals surface area contributed by atoms with Crippen LogP contribution in [-0.4, -0.2) is 28.1 Å². The minimum absolute atomic E-state index is 0.322. The van der Waals surface area contributed by atoms with E-state index in [9.17, 15) is 9.59 Å². The van der Waals surface area contributed by atoms with Crippen LogP contribution in [0.3, 0.4) is 0 Å². The lowest BCUT2D eigenvalue weighted by Gasteiger charge is -2.18. The van der Waals surface area contributed by atoms with Gasteiger partial charge in [0.05, 0.1) is 5.56 Å². The predicted molar refractivity (Wildman–Crippen MR) is 135 cm³/mol. The summed E-state index contributed by atoms with van der Waals surface area (Å²) >= 11 is 10.7. The van der Waals surface area contributed by atoms with Crippen LogP contribution in [0.25, 0.3) is 10.6 Å². The maximum atomic E-state index is 13.1. The third-order valence-corrected chi connectivity index (χ3v) is 6.56. The molecule has 9 heteroatoms. The molecule has 1 aromatic heterocycles. The summed E-state index contributed by atoms with van der Waals surface area (Å²) in [6.45, 7) is 0. The normalized spacial score (nSPS) is 11.6. The van der Waals surface area contributed by atoms with E-state index in [0.717, 1.165) is 11.1 Å². The number of nitrogens with zero attached hydrogens (tertiary/aromatic N) is 2. The smallest absolute Gasteiger partial charge is 0.253 e. The maximum absolute atomic E-state index is 13.1. The molecule has 0 saturated heterocycles. The number of halogens is 2. The van der Waals surface area contributed by atoms with Crippen LogP contribution in [0, 0.1) is 0 Å². The molecule has 33 heavy (non-hydrogen) atoms. The second-order valence-electron chi connectivity index (χ2n) is 7.11. The highest BCUT2D eigenvalue weighted by Crippen LogP contribution is 2.28. The minimum Gasteiger partial charge on any atom is -0.340 e. The molecule has 1 atom stereocenters. The summed E-state index contributed by atoms with van der Waals surface area (Å²) in [6, 6.07) is 23.0. The Balaban J connectivity index is 1.53. The monoisotopic (exact) mass is 540 g/mol. The average Bonchev–Trinajstić information content (AvgIpc) is 3.28. The number of anilines is 1. The SMILES string of the molecule is O=C(NC(Cc1ccccc1)C(=O)Nc1nnc(-c2cccc(Cl)c2)s1)c1ccccc1Br. The van der Waals surface area contributed by atoms with Crippen molar-refractivity contribution in [3.05, 3.63) is 99.5 Å². The molecule has 6 nitrogen and oxygen atoms in total. The fraction of sp³-hybridized carbons (Fsp3) is 0.0833. The summed E-state index contributed by atoms with van der Waals surface area (Å²) in [6.07, 6.45) is 0.322. The van der Waals surface area contributed by atoms with E-state index in [4.69, 9.17) is 11.6 Å². The lowest BCUT2D eigenvalue weighted by Crippen LogP contribution is -2.45. The molecule has 3 aromatic carbocycles. The van der Waals surface area contributed by atoms with Crippen LogP contribution in [0.2, 0.25) is 5.02 Å². The highest BCUT2D eigenvalue weighted by atomic mass is 79.9. The Kier molecular flexibility index (Phi) is 7.49. The molecule has 0 spiro atoms. The number of carbonyl (C=O) groups is 2. The summed E-state index contributed by atoms with van der Waals surface area (Å²) in [5.41, 5.74) is 2.17. The highest BCUT2D eigenvalue weighted by Gasteiger charge is 2.24. The van der Waals surface area contributed by atoms with Crippen molar-refractivity contribution in [3.63, 3.8) is 0 Å². The maximum Gasteiger partial charge on any atom is 0.253 e. The zero-order valence-electron chi connectivity index (χ0n) is 17.2. The van der Waals surface area contributed by atoms with Crippen molar-refractivity contribution in [3.8, 4) is 10.6 Å². The molecule has 0 aliphatic heterocycles. The first-order valence-electron chi connectivity index (χ1n) is 9.99. The number of benzene rings is 3. The molecule has 0 saturated carbocycles. The molecule has 0 aliphatic carbocycles. The van der Waals surface area contributed by atoms with Crippen LogP contribution in [0.4, 0.5) is 5.13 Å². The third kappa shape index (κ3) is 6.04. The van der Waals surface area contributed by atoms with E-state index in [1.807, 2.05) is 48.5 Å². The van der Waals surface area contributed by atoms with Gasteiger partial charge in [0.2, 0.25) is 11.0 Å². The summed E-state index contributed by atoms with van der Waals surface area (Å²) in [5, 5.41) is 15.4. The van der Waals surface area contributed by atoms with Gasteiger partial charge in [0, 0.05) is 21.5 Å². The fourth-order valence-electron chi connectivity index (χ4n) is 3.14. The molecule has 0 bridgehead atoms. The predicted octanol–water partition coefficient (Wildman–Crippen LogP) is 5.60. The van der Waals surface area contributed by atoms with Crippen LogP contribution in [-0.2, 0) is 11.2 Å². The lowest BCUT2D eigenvalue weighted by atomic mass is 10.0. The molecule has 0 fully saturated rings. The standard InChI is InChI=1S/C24H18BrClN4O2S/c25-19-12-5-4-11-18(19)21(31)27-20(13-15-7-2-1-3-8-15)22(32)28-24-30-29-23(33-24)16-9-6-10-17(26)14-16/h1-12,14,20H,13H2,(H,27,31)(H,28,30,32). The number of carbonyl (C=O) groups excluding carboxylic acids is 2. The van der Waals surface area contributed by atoms with Crippen molar-refractivity contribution in [2.45, 2.75) is 12.5 Å². The van der Waals surface area contributed by atoms with Crippen molar-refractivity contribution in [1.29, 1.82) is 0 Å².